The Morgan fingerprint density at radius 3 is 2.83 bits per heavy atom. The van der Waals surface area contributed by atoms with Crippen molar-refractivity contribution in [1.29, 1.82) is 0 Å². The molecule has 0 aliphatic rings. The Hall–Kier alpha value is -3.15. The highest BCUT2D eigenvalue weighted by Crippen LogP contribution is 2.31. The number of hydrogen-bond acceptors (Lipinski definition) is 5. The molecule has 29 heavy (non-hydrogen) atoms. The van der Waals surface area contributed by atoms with Crippen LogP contribution in [-0.2, 0) is 17.8 Å². The van der Waals surface area contributed by atoms with E-state index in [2.05, 4.69) is 17.2 Å². The molecule has 1 aromatic carbocycles. The minimum atomic E-state index is -0.713. The SMILES string of the molecule is CCCCc1cc(=O)oc2cc(C)cc(O[C@H](C)C(=O)NCc3ccccn3)c12. The van der Waals surface area contributed by atoms with Gasteiger partial charge in [-0.3, -0.25) is 9.78 Å². The van der Waals surface area contributed by atoms with Crippen LogP contribution in [0.2, 0.25) is 0 Å². The van der Waals surface area contributed by atoms with Crippen molar-refractivity contribution in [2.24, 2.45) is 0 Å². The highest BCUT2D eigenvalue weighted by molar-refractivity contribution is 5.88. The number of aromatic nitrogens is 1. The molecule has 6 heteroatoms. The third-order valence-electron chi connectivity index (χ3n) is 4.68. The number of carbonyl (C=O) groups is 1. The zero-order chi connectivity index (χ0) is 20.8. The van der Waals surface area contributed by atoms with Gasteiger partial charge in [0.15, 0.2) is 6.10 Å². The molecule has 2 heterocycles. The molecule has 1 atom stereocenters. The molecule has 0 unspecified atom stereocenters. The second kappa shape index (κ2) is 9.37. The summed E-state index contributed by atoms with van der Waals surface area (Å²) in [4.78, 5) is 28.7. The van der Waals surface area contributed by atoms with E-state index in [4.69, 9.17) is 9.15 Å². The van der Waals surface area contributed by atoms with Crippen molar-refractivity contribution < 1.29 is 13.9 Å². The van der Waals surface area contributed by atoms with Crippen molar-refractivity contribution in [2.45, 2.75) is 52.7 Å². The van der Waals surface area contributed by atoms with Gasteiger partial charge in [-0.25, -0.2) is 4.79 Å². The van der Waals surface area contributed by atoms with Crippen molar-refractivity contribution >= 4 is 16.9 Å². The summed E-state index contributed by atoms with van der Waals surface area (Å²) >= 11 is 0. The lowest BCUT2D eigenvalue weighted by Crippen LogP contribution is -2.36. The summed E-state index contributed by atoms with van der Waals surface area (Å²) in [7, 11) is 0. The van der Waals surface area contributed by atoms with Crippen LogP contribution in [0.15, 0.2) is 51.8 Å². The molecule has 2 aromatic heterocycles. The summed E-state index contributed by atoms with van der Waals surface area (Å²) in [6.07, 6.45) is 3.68. The maximum absolute atomic E-state index is 12.5. The van der Waals surface area contributed by atoms with E-state index in [1.807, 2.05) is 37.3 Å². The number of fused-ring (bicyclic) bond motifs is 1. The molecule has 0 saturated heterocycles. The monoisotopic (exact) mass is 394 g/mol. The van der Waals surface area contributed by atoms with E-state index in [1.54, 1.807) is 13.1 Å². The van der Waals surface area contributed by atoms with Crippen molar-refractivity contribution in [3.05, 3.63) is 69.8 Å². The summed E-state index contributed by atoms with van der Waals surface area (Å²) in [5.74, 6) is 0.313. The molecule has 0 spiro atoms. The Labute approximate surface area is 169 Å². The average Bonchev–Trinajstić information content (AvgIpc) is 2.70. The van der Waals surface area contributed by atoms with Crippen LogP contribution < -0.4 is 15.7 Å². The Morgan fingerprint density at radius 1 is 1.28 bits per heavy atom. The predicted molar refractivity (Wildman–Crippen MR) is 112 cm³/mol. The van der Waals surface area contributed by atoms with Gasteiger partial charge >= 0.3 is 5.63 Å². The smallest absolute Gasteiger partial charge is 0.336 e. The molecule has 0 radical (unpaired) electrons. The van der Waals surface area contributed by atoms with Crippen LogP contribution in [0.3, 0.4) is 0 Å². The van der Waals surface area contributed by atoms with E-state index in [-0.39, 0.29) is 11.5 Å². The van der Waals surface area contributed by atoms with Gasteiger partial charge in [0.25, 0.3) is 5.91 Å². The van der Waals surface area contributed by atoms with E-state index in [9.17, 15) is 9.59 Å². The number of rotatable bonds is 8. The van der Waals surface area contributed by atoms with Crippen molar-refractivity contribution in [3.8, 4) is 5.75 Å². The first-order valence-corrected chi connectivity index (χ1v) is 9.89. The molecular weight excluding hydrogens is 368 g/mol. The van der Waals surface area contributed by atoms with Crippen LogP contribution in [0.1, 0.15) is 43.5 Å². The van der Waals surface area contributed by atoms with Crippen LogP contribution in [0, 0.1) is 6.92 Å². The number of amides is 1. The highest BCUT2D eigenvalue weighted by Gasteiger charge is 2.19. The van der Waals surface area contributed by atoms with Gasteiger partial charge in [0, 0.05) is 12.3 Å². The van der Waals surface area contributed by atoms with Crippen molar-refractivity contribution in [2.75, 3.05) is 0 Å². The van der Waals surface area contributed by atoms with E-state index < -0.39 is 6.10 Å². The van der Waals surface area contributed by atoms with Gasteiger partial charge in [0.1, 0.15) is 11.3 Å². The number of hydrogen-bond donors (Lipinski definition) is 1. The number of carbonyl (C=O) groups excluding carboxylic acids is 1. The van der Waals surface area contributed by atoms with Crippen LogP contribution >= 0.6 is 0 Å². The minimum absolute atomic E-state index is 0.238. The number of nitrogens with one attached hydrogen (secondary N) is 1. The minimum Gasteiger partial charge on any atom is -0.480 e. The van der Waals surface area contributed by atoms with E-state index >= 15 is 0 Å². The molecule has 0 bridgehead atoms. The van der Waals surface area contributed by atoms with Gasteiger partial charge in [0.05, 0.1) is 17.6 Å². The zero-order valence-electron chi connectivity index (χ0n) is 17.0. The Balaban J connectivity index is 1.84. The van der Waals surface area contributed by atoms with Gasteiger partial charge in [-0.15, -0.1) is 0 Å². The molecule has 1 amide bonds. The topological polar surface area (TPSA) is 81.4 Å². The number of nitrogens with zero attached hydrogens (tertiary/aromatic N) is 1. The molecule has 0 aliphatic heterocycles. The lowest BCUT2D eigenvalue weighted by atomic mass is 10.0. The maximum Gasteiger partial charge on any atom is 0.336 e. The van der Waals surface area contributed by atoms with Crippen molar-refractivity contribution in [3.63, 3.8) is 0 Å². The van der Waals surface area contributed by atoms with E-state index in [1.165, 1.54) is 6.07 Å². The Kier molecular flexibility index (Phi) is 6.65. The second-order valence-corrected chi connectivity index (χ2v) is 7.13. The van der Waals surface area contributed by atoms with Gasteiger partial charge in [-0.2, -0.15) is 0 Å². The molecule has 0 fully saturated rings. The molecule has 152 valence electrons. The van der Waals surface area contributed by atoms with Gasteiger partial charge in [0.2, 0.25) is 0 Å². The van der Waals surface area contributed by atoms with E-state index in [0.717, 1.165) is 41.5 Å². The standard InChI is InChI=1S/C23H26N2O4/c1-4-5-8-17-13-21(26)29-20-12-15(2)11-19(22(17)20)28-16(3)23(27)25-14-18-9-6-7-10-24-18/h6-7,9-13,16H,4-5,8,14H2,1-3H3,(H,25,27)/t16-/m1/s1. The van der Waals surface area contributed by atoms with Crippen LogP contribution in [-0.4, -0.2) is 17.0 Å². The third-order valence-corrected chi connectivity index (χ3v) is 4.68. The summed E-state index contributed by atoms with van der Waals surface area (Å²) in [6.45, 7) is 6.03. The van der Waals surface area contributed by atoms with Gasteiger partial charge in [-0.05, 0) is 62.1 Å². The third kappa shape index (κ3) is 5.22. The number of benzene rings is 1. The molecular formula is C23H26N2O4. The average molecular weight is 394 g/mol. The summed E-state index contributed by atoms with van der Waals surface area (Å²) < 4.78 is 11.4. The first kappa shape index (κ1) is 20.6. The highest BCUT2D eigenvalue weighted by atomic mass is 16.5. The normalized spacial score (nSPS) is 12.0. The quantitative estimate of drug-likeness (QED) is 0.586. The van der Waals surface area contributed by atoms with Gasteiger partial charge in [-0.1, -0.05) is 19.4 Å². The molecule has 0 saturated carbocycles. The van der Waals surface area contributed by atoms with Crippen LogP contribution in [0.5, 0.6) is 5.75 Å². The number of ether oxygens (including phenoxy) is 1. The molecule has 0 aliphatic carbocycles. The maximum atomic E-state index is 12.5. The van der Waals surface area contributed by atoms with Crippen molar-refractivity contribution in [1.82, 2.24) is 10.3 Å². The fraction of sp³-hybridized carbons (Fsp3) is 0.348. The number of unbranched alkanes of at least 4 members (excludes halogenated alkanes) is 1. The largest absolute Gasteiger partial charge is 0.480 e. The predicted octanol–water partition coefficient (Wildman–Crippen LogP) is 3.92. The fourth-order valence-electron chi connectivity index (χ4n) is 3.20. The first-order chi connectivity index (χ1) is 14.0. The summed E-state index contributed by atoms with van der Waals surface area (Å²) in [5.41, 5.74) is 2.66. The second-order valence-electron chi connectivity index (χ2n) is 7.13. The molecule has 6 nitrogen and oxygen atoms in total. The molecule has 3 aromatic rings. The number of aryl methyl sites for hydroxylation is 2. The lowest BCUT2D eigenvalue weighted by molar-refractivity contribution is -0.127. The van der Waals surface area contributed by atoms with Gasteiger partial charge < -0.3 is 14.5 Å². The Bertz CT molecular complexity index is 1040. The van der Waals surface area contributed by atoms with Crippen LogP contribution in [0.4, 0.5) is 0 Å². The fourth-order valence-corrected chi connectivity index (χ4v) is 3.20. The molecule has 3 rings (SSSR count). The summed E-state index contributed by atoms with van der Waals surface area (Å²) in [5, 5.41) is 3.60. The summed E-state index contributed by atoms with van der Waals surface area (Å²) in [6, 6.07) is 10.8. The number of pyridine rings is 1. The lowest BCUT2D eigenvalue weighted by Gasteiger charge is -2.18. The zero-order valence-corrected chi connectivity index (χ0v) is 17.0. The van der Waals surface area contributed by atoms with E-state index in [0.29, 0.717) is 17.9 Å². The first-order valence-electron chi connectivity index (χ1n) is 9.89. The molecule has 1 N–H and O–H groups in total. The van der Waals surface area contributed by atoms with Crippen LogP contribution in [0.25, 0.3) is 11.0 Å². The Morgan fingerprint density at radius 2 is 2.10 bits per heavy atom.